The first kappa shape index (κ1) is 31.6. The summed E-state index contributed by atoms with van der Waals surface area (Å²) in [4.78, 5) is 26.3. The molecule has 230 valence electrons. The third kappa shape index (κ3) is 7.17. The highest BCUT2D eigenvalue weighted by molar-refractivity contribution is 6.05. The van der Waals surface area contributed by atoms with Crippen molar-refractivity contribution in [2.24, 2.45) is 17.6 Å². The molecular weight excluding hydrogens is 564 g/mol. The van der Waals surface area contributed by atoms with Crippen molar-refractivity contribution in [2.75, 3.05) is 21.3 Å². The summed E-state index contributed by atoms with van der Waals surface area (Å²) in [5.41, 5.74) is 1.94. The SMILES string of the molecule is COc1cc(C(=O)N(N)C(=N)N(N)C2=CC(NC(=O)c3ccc(OCc4ccccc4)cc3)C(C)C=C2)cc(OC)c1OC. The van der Waals surface area contributed by atoms with Gasteiger partial charge in [-0.25, -0.2) is 21.7 Å². The molecule has 12 nitrogen and oxygen atoms in total. The lowest BCUT2D eigenvalue weighted by atomic mass is 9.95. The number of hydrogen-bond acceptors (Lipinski definition) is 9. The number of methoxy groups -OCH3 is 3. The molecule has 0 bridgehead atoms. The molecule has 2 unspecified atom stereocenters. The summed E-state index contributed by atoms with van der Waals surface area (Å²) < 4.78 is 21.7. The summed E-state index contributed by atoms with van der Waals surface area (Å²) >= 11 is 0. The highest BCUT2D eigenvalue weighted by atomic mass is 16.5. The van der Waals surface area contributed by atoms with E-state index in [0.29, 0.717) is 34.4 Å². The molecule has 3 aromatic rings. The van der Waals surface area contributed by atoms with Crippen LogP contribution in [-0.4, -0.2) is 55.2 Å². The van der Waals surface area contributed by atoms with Gasteiger partial charge in [-0.05, 0) is 60.0 Å². The number of guanidine groups is 1. The predicted molar refractivity (Wildman–Crippen MR) is 165 cm³/mol. The van der Waals surface area contributed by atoms with Crippen LogP contribution in [0.5, 0.6) is 23.0 Å². The summed E-state index contributed by atoms with van der Waals surface area (Å²) in [6.07, 6.45) is 5.24. The second-order valence-electron chi connectivity index (χ2n) is 9.89. The Kier molecular flexibility index (Phi) is 10.2. The molecule has 0 heterocycles. The molecule has 0 radical (unpaired) electrons. The lowest BCUT2D eigenvalue weighted by Crippen LogP contribution is -2.53. The molecule has 0 spiro atoms. The summed E-state index contributed by atoms with van der Waals surface area (Å²) in [7, 11) is 4.29. The Labute approximate surface area is 255 Å². The third-order valence-corrected chi connectivity index (χ3v) is 7.01. The Hall–Kier alpha value is -5.33. The van der Waals surface area contributed by atoms with E-state index >= 15 is 0 Å². The van der Waals surface area contributed by atoms with E-state index in [4.69, 9.17) is 36.0 Å². The molecule has 12 heteroatoms. The van der Waals surface area contributed by atoms with Crippen LogP contribution in [0.2, 0.25) is 0 Å². The molecule has 1 aliphatic rings. The first-order valence-corrected chi connectivity index (χ1v) is 13.7. The van der Waals surface area contributed by atoms with E-state index in [0.717, 1.165) is 10.6 Å². The third-order valence-electron chi connectivity index (χ3n) is 7.01. The van der Waals surface area contributed by atoms with Crippen molar-refractivity contribution >= 4 is 17.8 Å². The largest absolute Gasteiger partial charge is 0.493 e. The molecule has 4 rings (SSSR count). The van der Waals surface area contributed by atoms with Gasteiger partial charge in [-0.1, -0.05) is 43.3 Å². The smallest absolute Gasteiger partial charge is 0.275 e. The quantitative estimate of drug-likeness (QED) is 0.0894. The Morgan fingerprint density at radius 1 is 0.909 bits per heavy atom. The van der Waals surface area contributed by atoms with Gasteiger partial charge >= 0.3 is 0 Å². The van der Waals surface area contributed by atoms with Gasteiger partial charge in [0.1, 0.15) is 12.4 Å². The highest BCUT2D eigenvalue weighted by Crippen LogP contribution is 2.38. The zero-order chi connectivity index (χ0) is 31.8. The van der Waals surface area contributed by atoms with Gasteiger partial charge < -0.3 is 24.3 Å². The minimum Gasteiger partial charge on any atom is -0.493 e. The number of carbonyl (C=O) groups is 2. The Morgan fingerprint density at radius 3 is 2.14 bits per heavy atom. The van der Waals surface area contributed by atoms with Crippen molar-refractivity contribution in [1.29, 1.82) is 5.41 Å². The zero-order valence-electron chi connectivity index (χ0n) is 24.9. The second kappa shape index (κ2) is 14.2. The molecular formula is C32H36N6O6. The van der Waals surface area contributed by atoms with E-state index in [1.54, 1.807) is 36.4 Å². The van der Waals surface area contributed by atoms with Crippen LogP contribution in [0.4, 0.5) is 0 Å². The number of hydrazine groups is 2. The number of benzene rings is 3. The maximum Gasteiger partial charge on any atom is 0.275 e. The topological polar surface area (TPSA) is 165 Å². The normalized spacial score (nSPS) is 15.5. The second-order valence-corrected chi connectivity index (χ2v) is 9.89. The molecule has 3 aromatic carbocycles. The fourth-order valence-electron chi connectivity index (χ4n) is 4.45. The van der Waals surface area contributed by atoms with Crippen molar-refractivity contribution in [3.63, 3.8) is 0 Å². The lowest BCUT2D eigenvalue weighted by Gasteiger charge is -2.30. The van der Waals surface area contributed by atoms with Crippen molar-refractivity contribution in [3.05, 3.63) is 107 Å². The number of carbonyl (C=O) groups excluding carboxylic acids is 2. The monoisotopic (exact) mass is 600 g/mol. The van der Waals surface area contributed by atoms with Crippen LogP contribution in [0.15, 0.2) is 90.7 Å². The molecule has 0 aromatic heterocycles. The standard InChI is InChI=1S/C32H36N6O6/c1-20-10-13-24(37(34)32(33)38(35)31(40)23-16-27(41-2)29(43-4)28(17-23)42-3)18-26(20)36-30(39)22-11-14-25(15-12-22)44-19-21-8-6-5-7-9-21/h5-18,20,26,33H,19,34-35H2,1-4H3,(H,36,39). The van der Waals surface area contributed by atoms with Gasteiger partial charge in [-0.15, -0.1) is 0 Å². The Morgan fingerprint density at radius 2 is 1.55 bits per heavy atom. The van der Waals surface area contributed by atoms with Crippen molar-refractivity contribution < 1.29 is 28.5 Å². The number of hydrogen-bond donors (Lipinski definition) is 4. The fourth-order valence-corrected chi connectivity index (χ4v) is 4.45. The summed E-state index contributed by atoms with van der Waals surface area (Å²) in [5, 5.41) is 13.1. The zero-order valence-corrected chi connectivity index (χ0v) is 24.9. The number of ether oxygens (including phenoxy) is 4. The summed E-state index contributed by atoms with van der Waals surface area (Å²) in [5.74, 6) is 12.1. The first-order chi connectivity index (χ1) is 21.2. The van der Waals surface area contributed by atoms with E-state index < -0.39 is 17.9 Å². The first-order valence-electron chi connectivity index (χ1n) is 13.7. The Balaban J connectivity index is 1.42. The molecule has 2 amide bonds. The molecule has 1 aliphatic carbocycles. The number of amides is 2. The van der Waals surface area contributed by atoms with Crippen LogP contribution in [0, 0.1) is 11.3 Å². The maximum absolute atomic E-state index is 13.2. The predicted octanol–water partition coefficient (Wildman–Crippen LogP) is 3.61. The van der Waals surface area contributed by atoms with E-state index in [-0.39, 0.29) is 28.9 Å². The maximum atomic E-state index is 13.2. The number of nitrogens with zero attached hydrogens (tertiary/aromatic N) is 2. The van der Waals surface area contributed by atoms with Crippen LogP contribution in [0.3, 0.4) is 0 Å². The van der Waals surface area contributed by atoms with Gasteiger partial charge in [-0.3, -0.25) is 15.0 Å². The fraction of sp³-hybridized carbons (Fsp3) is 0.219. The molecule has 0 saturated carbocycles. The van der Waals surface area contributed by atoms with Gasteiger partial charge in [-0.2, -0.15) is 0 Å². The molecule has 2 atom stereocenters. The molecule has 0 fully saturated rings. The van der Waals surface area contributed by atoms with Gasteiger partial charge in [0.25, 0.3) is 11.8 Å². The molecule has 0 saturated heterocycles. The van der Waals surface area contributed by atoms with Gasteiger partial charge in [0.15, 0.2) is 11.5 Å². The van der Waals surface area contributed by atoms with E-state index in [1.807, 2.05) is 43.3 Å². The molecule has 0 aliphatic heterocycles. The number of nitrogens with one attached hydrogen (secondary N) is 2. The van der Waals surface area contributed by atoms with E-state index in [2.05, 4.69) is 5.32 Å². The van der Waals surface area contributed by atoms with Crippen molar-refractivity contribution in [3.8, 4) is 23.0 Å². The summed E-state index contributed by atoms with van der Waals surface area (Å²) in [6, 6.07) is 19.1. The minimum atomic E-state index is -0.737. The van der Waals surface area contributed by atoms with Crippen molar-refractivity contribution in [1.82, 2.24) is 15.3 Å². The number of nitrogens with two attached hydrogens (primary N) is 2. The average Bonchev–Trinajstić information content (AvgIpc) is 3.06. The van der Waals surface area contributed by atoms with E-state index in [9.17, 15) is 9.59 Å². The van der Waals surface area contributed by atoms with Crippen LogP contribution >= 0.6 is 0 Å². The average molecular weight is 601 g/mol. The highest BCUT2D eigenvalue weighted by Gasteiger charge is 2.27. The van der Waals surface area contributed by atoms with Crippen LogP contribution < -0.4 is 35.9 Å². The van der Waals surface area contributed by atoms with Gasteiger partial charge in [0.2, 0.25) is 11.7 Å². The Bertz CT molecular complexity index is 1530. The summed E-state index contributed by atoms with van der Waals surface area (Å²) in [6.45, 7) is 2.36. The van der Waals surface area contributed by atoms with Crippen molar-refractivity contribution in [2.45, 2.75) is 19.6 Å². The minimum absolute atomic E-state index is 0.0754. The van der Waals surface area contributed by atoms with Crippen LogP contribution in [-0.2, 0) is 6.61 Å². The lowest BCUT2D eigenvalue weighted by molar-refractivity contribution is 0.0831. The van der Waals surface area contributed by atoms with Gasteiger partial charge in [0, 0.05) is 11.1 Å². The van der Waals surface area contributed by atoms with Crippen LogP contribution in [0.25, 0.3) is 0 Å². The number of rotatable bonds is 10. The van der Waals surface area contributed by atoms with Crippen LogP contribution in [0.1, 0.15) is 33.2 Å². The van der Waals surface area contributed by atoms with E-state index in [1.165, 1.54) is 33.5 Å². The molecule has 44 heavy (non-hydrogen) atoms. The molecule has 6 N–H and O–H groups in total. The number of allylic oxidation sites excluding steroid dienone is 1. The van der Waals surface area contributed by atoms with Gasteiger partial charge in [0.05, 0.1) is 33.1 Å².